The van der Waals surface area contributed by atoms with Crippen LogP contribution in [0.3, 0.4) is 0 Å². The lowest BCUT2D eigenvalue weighted by molar-refractivity contribution is -0.144. The molecule has 0 aliphatic carbocycles. The zero-order chi connectivity index (χ0) is 17.7. The van der Waals surface area contributed by atoms with E-state index in [2.05, 4.69) is 19.1 Å². The summed E-state index contributed by atoms with van der Waals surface area (Å²) >= 11 is 0. The van der Waals surface area contributed by atoms with E-state index in [9.17, 15) is 4.79 Å². The molecule has 0 amide bonds. The molecule has 0 saturated carbocycles. The third kappa shape index (κ3) is 19.2. The Balaban J connectivity index is 3.16. The first-order valence-corrected chi connectivity index (χ1v) is 10.2. The van der Waals surface area contributed by atoms with Gasteiger partial charge in [-0.1, -0.05) is 70.4 Å². The van der Waals surface area contributed by atoms with Crippen LogP contribution in [-0.2, 0) is 9.53 Å². The van der Waals surface area contributed by atoms with Gasteiger partial charge in [-0.05, 0) is 32.1 Å². The Bertz CT molecular complexity index is 287. The number of ether oxygens (including phenoxy) is 1. The predicted molar refractivity (Wildman–Crippen MR) is 102 cm³/mol. The summed E-state index contributed by atoms with van der Waals surface area (Å²) in [6.45, 7) is 2.69. The summed E-state index contributed by atoms with van der Waals surface area (Å²) in [5.41, 5.74) is 0. The maximum absolute atomic E-state index is 11.3. The van der Waals surface area contributed by atoms with E-state index in [1.807, 2.05) is 0 Å². The summed E-state index contributed by atoms with van der Waals surface area (Å²) in [7, 11) is 0. The molecule has 0 atom stereocenters. The summed E-state index contributed by atoms with van der Waals surface area (Å²) in [6, 6.07) is 0. The average Bonchev–Trinajstić information content (AvgIpc) is 2.58. The molecule has 0 aromatic carbocycles. The van der Waals surface area contributed by atoms with Crippen molar-refractivity contribution in [1.29, 1.82) is 0 Å². The van der Waals surface area contributed by atoms with Gasteiger partial charge in [0.2, 0.25) is 0 Å². The Morgan fingerprint density at radius 3 is 1.92 bits per heavy atom. The molecule has 0 bridgehead atoms. The van der Waals surface area contributed by atoms with Gasteiger partial charge >= 0.3 is 5.97 Å². The molecule has 142 valence electrons. The number of rotatable bonds is 18. The van der Waals surface area contributed by atoms with E-state index in [0.29, 0.717) is 19.4 Å². The lowest BCUT2D eigenvalue weighted by atomic mass is 10.1. The second kappa shape index (κ2) is 20.2. The molecule has 0 radical (unpaired) electrons. The standard InChI is InChI=1S/C21H40O3/c1-2-3-4-5-6-7-8-9-10-11-12-13-14-15-16-18-21(23)24-20-17-19-22/h9-10,22H,2-8,11-20H2,1H3/b10-9-. The number of hydrogen-bond acceptors (Lipinski definition) is 3. The molecule has 24 heavy (non-hydrogen) atoms. The van der Waals surface area contributed by atoms with Crippen molar-refractivity contribution >= 4 is 5.97 Å². The third-order valence-electron chi connectivity index (χ3n) is 4.21. The van der Waals surface area contributed by atoms with Crippen LogP contribution in [0.1, 0.15) is 103 Å². The van der Waals surface area contributed by atoms with Gasteiger partial charge in [-0.3, -0.25) is 4.79 Å². The van der Waals surface area contributed by atoms with E-state index in [0.717, 1.165) is 12.8 Å². The minimum atomic E-state index is -0.124. The highest BCUT2D eigenvalue weighted by molar-refractivity contribution is 5.69. The molecular formula is C21H40O3. The van der Waals surface area contributed by atoms with Crippen molar-refractivity contribution in [2.75, 3.05) is 13.2 Å². The van der Waals surface area contributed by atoms with Gasteiger partial charge in [0.25, 0.3) is 0 Å². The minimum Gasteiger partial charge on any atom is -0.466 e. The summed E-state index contributed by atoms with van der Waals surface area (Å²) < 4.78 is 4.99. The summed E-state index contributed by atoms with van der Waals surface area (Å²) in [6.07, 6.45) is 22.2. The van der Waals surface area contributed by atoms with Crippen molar-refractivity contribution in [2.24, 2.45) is 0 Å². The van der Waals surface area contributed by atoms with Crippen LogP contribution in [0.4, 0.5) is 0 Å². The molecule has 3 nitrogen and oxygen atoms in total. The van der Waals surface area contributed by atoms with E-state index in [1.54, 1.807) is 0 Å². The van der Waals surface area contributed by atoms with E-state index >= 15 is 0 Å². The fourth-order valence-electron chi connectivity index (χ4n) is 2.66. The Morgan fingerprint density at radius 1 is 0.792 bits per heavy atom. The van der Waals surface area contributed by atoms with Crippen LogP contribution in [-0.4, -0.2) is 24.3 Å². The second-order valence-electron chi connectivity index (χ2n) is 6.63. The topological polar surface area (TPSA) is 46.5 Å². The molecule has 0 fully saturated rings. The smallest absolute Gasteiger partial charge is 0.305 e. The Hall–Kier alpha value is -0.830. The molecule has 0 aromatic heterocycles. The van der Waals surface area contributed by atoms with Crippen molar-refractivity contribution < 1.29 is 14.6 Å². The van der Waals surface area contributed by atoms with E-state index in [4.69, 9.17) is 9.84 Å². The van der Waals surface area contributed by atoms with Gasteiger partial charge < -0.3 is 9.84 Å². The number of hydrogen-bond donors (Lipinski definition) is 1. The molecule has 0 unspecified atom stereocenters. The van der Waals surface area contributed by atoms with Gasteiger partial charge in [0.15, 0.2) is 0 Å². The normalized spacial score (nSPS) is 11.2. The highest BCUT2D eigenvalue weighted by atomic mass is 16.5. The number of esters is 1. The van der Waals surface area contributed by atoms with E-state index in [-0.39, 0.29) is 12.6 Å². The van der Waals surface area contributed by atoms with Gasteiger partial charge in [-0.25, -0.2) is 0 Å². The first-order chi connectivity index (χ1) is 11.8. The monoisotopic (exact) mass is 340 g/mol. The molecule has 0 aromatic rings. The third-order valence-corrected chi connectivity index (χ3v) is 4.21. The van der Waals surface area contributed by atoms with Crippen molar-refractivity contribution in [2.45, 2.75) is 103 Å². The van der Waals surface area contributed by atoms with Crippen LogP contribution >= 0.6 is 0 Å². The molecule has 0 aliphatic heterocycles. The fourth-order valence-corrected chi connectivity index (χ4v) is 2.66. The number of carbonyl (C=O) groups excluding carboxylic acids is 1. The summed E-state index contributed by atoms with van der Waals surface area (Å²) in [4.78, 5) is 11.3. The quantitative estimate of drug-likeness (QED) is 0.190. The Labute approximate surface area is 149 Å². The van der Waals surface area contributed by atoms with Crippen molar-refractivity contribution in [1.82, 2.24) is 0 Å². The van der Waals surface area contributed by atoms with Crippen LogP contribution in [0.15, 0.2) is 12.2 Å². The number of unbranched alkanes of at least 4 members (excludes halogenated alkanes) is 11. The second-order valence-corrected chi connectivity index (χ2v) is 6.63. The lowest BCUT2D eigenvalue weighted by Crippen LogP contribution is -2.06. The molecular weight excluding hydrogens is 300 g/mol. The van der Waals surface area contributed by atoms with Crippen LogP contribution in [0.25, 0.3) is 0 Å². The van der Waals surface area contributed by atoms with Gasteiger partial charge in [-0.15, -0.1) is 0 Å². The number of carbonyl (C=O) groups is 1. The first-order valence-electron chi connectivity index (χ1n) is 10.2. The van der Waals surface area contributed by atoms with Crippen molar-refractivity contribution in [3.05, 3.63) is 12.2 Å². The van der Waals surface area contributed by atoms with E-state index < -0.39 is 0 Å². The SMILES string of the molecule is CCCCCCCC/C=C\CCCCCCCC(=O)OCCCO. The van der Waals surface area contributed by atoms with Crippen LogP contribution in [0.5, 0.6) is 0 Å². The Morgan fingerprint density at radius 2 is 1.33 bits per heavy atom. The molecule has 0 aliphatic rings. The van der Waals surface area contributed by atoms with E-state index in [1.165, 1.54) is 70.6 Å². The first kappa shape index (κ1) is 23.2. The van der Waals surface area contributed by atoms with Gasteiger partial charge in [0, 0.05) is 19.4 Å². The van der Waals surface area contributed by atoms with Gasteiger partial charge in [0.1, 0.15) is 0 Å². The largest absolute Gasteiger partial charge is 0.466 e. The molecule has 0 spiro atoms. The Kier molecular flexibility index (Phi) is 19.5. The fraction of sp³-hybridized carbons (Fsp3) is 0.857. The van der Waals surface area contributed by atoms with Crippen LogP contribution < -0.4 is 0 Å². The molecule has 3 heteroatoms. The van der Waals surface area contributed by atoms with Crippen LogP contribution in [0, 0.1) is 0 Å². The zero-order valence-corrected chi connectivity index (χ0v) is 15.9. The van der Waals surface area contributed by atoms with Gasteiger partial charge in [0.05, 0.1) is 6.61 Å². The van der Waals surface area contributed by atoms with Crippen molar-refractivity contribution in [3.8, 4) is 0 Å². The molecule has 0 heterocycles. The maximum Gasteiger partial charge on any atom is 0.305 e. The number of allylic oxidation sites excluding steroid dienone is 2. The highest BCUT2D eigenvalue weighted by Crippen LogP contribution is 2.10. The summed E-state index contributed by atoms with van der Waals surface area (Å²) in [5.74, 6) is -0.124. The molecule has 0 saturated heterocycles. The van der Waals surface area contributed by atoms with Gasteiger partial charge in [-0.2, -0.15) is 0 Å². The minimum absolute atomic E-state index is 0.0840. The maximum atomic E-state index is 11.3. The predicted octanol–water partition coefficient (Wildman–Crippen LogP) is 5.95. The van der Waals surface area contributed by atoms with Crippen LogP contribution in [0.2, 0.25) is 0 Å². The summed E-state index contributed by atoms with van der Waals surface area (Å²) in [5, 5.41) is 8.60. The highest BCUT2D eigenvalue weighted by Gasteiger charge is 2.01. The zero-order valence-electron chi connectivity index (χ0n) is 15.9. The average molecular weight is 341 g/mol. The molecule has 0 rings (SSSR count). The number of aliphatic hydroxyl groups excluding tert-OH is 1. The number of aliphatic hydroxyl groups is 1. The van der Waals surface area contributed by atoms with Crippen molar-refractivity contribution in [3.63, 3.8) is 0 Å². The molecule has 1 N–H and O–H groups in total. The lowest BCUT2D eigenvalue weighted by Gasteiger charge is -2.03.